The molecule has 0 radical (unpaired) electrons. The highest BCUT2D eigenvalue weighted by molar-refractivity contribution is 6.29. The van der Waals surface area contributed by atoms with Crippen molar-refractivity contribution in [2.45, 2.75) is 6.18 Å². The molecule has 1 amide bonds. The summed E-state index contributed by atoms with van der Waals surface area (Å²) >= 11 is 5.54. The van der Waals surface area contributed by atoms with E-state index in [1.807, 2.05) is 0 Å². The second-order valence-electron chi connectivity index (χ2n) is 4.22. The van der Waals surface area contributed by atoms with Gasteiger partial charge in [-0.2, -0.15) is 13.2 Å². The van der Waals surface area contributed by atoms with E-state index in [4.69, 9.17) is 16.0 Å². The van der Waals surface area contributed by atoms with E-state index in [1.165, 1.54) is 18.2 Å². The number of hydrogen-bond donors (Lipinski definition) is 2. The lowest BCUT2D eigenvalue weighted by Gasteiger charge is -2.09. The lowest BCUT2D eigenvalue weighted by molar-refractivity contribution is -0.137. The Hall–Kier alpha value is -2.22. The Morgan fingerprint density at radius 1 is 1.23 bits per heavy atom. The van der Waals surface area contributed by atoms with Crippen LogP contribution in [0.1, 0.15) is 16.1 Å². The van der Waals surface area contributed by atoms with Gasteiger partial charge in [-0.3, -0.25) is 4.79 Å². The zero-order valence-corrected chi connectivity index (χ0v) is 11.8. The zero-order valence-electron chi connectivity index (χ0n) is 11.1. The number of rotatable bonds is 5. The molecule has 9 heteroatoms. The molecule has 0 atom stereocenters. The molecule has 2 rings (SSSR count). The van der Waals surface area contributed by atoms with E-state index < -0.39 is 17.6 Å². The van der Waals surface area contributed by atoms with Crippen LogP contribution < -0.4 is 10.6 Å². The number of hydrogen-bond acceptors (Lipinski definition) is 4. The van der Waals surface area contributed by atoms with Gasteiger partial charge in [-0.1, -0.05) is 0 Å². The van der Waals surface area contributed by atoms with Gasteiger partial charge in [-0.25, -0.2) is 4.98 Å². The normalized spacial score (nSPS) is 11.3. The van der Waals surface area contributed by atoms with Crippen molar-refractivity contribution in [3.63, 3.8) is 0 Å². The SMILES string of the molecule is O=C(NCCNc1ccc(C(F)(F)F)cn1)c1ccc(Cl)o1. The van der Waals surface area contributed by atoms with Crippen LogP contribution in [0.2, 0.25) is 5.22 Å². The molecule has 118 valence electrons. The van der Waals surface area contributed by atoms with Crippen molar-refractivity contribution in [2.75, 3.05) is 18.4 Å². The minimum absolute atomic E-state index is 0.0812. The Morgan fingerprint density at radius 3 is 2.55 bits per heavy atom. The number of carbonyl (C=O) groups excluding carboxylic acids is 1. The highest BCUT2D eigenvalue weighted by Crippen LogP contribution is 2.28. The van der Waals surface area contributed by atoms with Crippen LogP contribution in [0.15, 0.2) is 34.9 Å². The van der Waals surface area contributed by atoms with Gasteiger partial charge in [0.05, 0.1) is 5.56 Å². The van der Waals surface area contributed by atoms with Gasteiger partial charge in [0.15, 0.2) is 11.0 Å². The van der Waals surface area contributed by atoms with Crippen LogP contribution in [0, 0.1) is 0 Å². The highest BCUT2D eigenvalue weighted by atomic mass is 35.5. The van der Waals surface area contributed by atoms with Gasteiger partial charge in [-0.05, 0) is 35.9 Å². The summed E-state index contributed by atoms with van der Waals surface area (Å²) in [5, 5.41) is 5.45. The first-order valence-electron chi connectivity index (χ1n) is 6.17. The van der Waals surface area contributed by atoms with Crippen LogP contribution in [0.3, 0.4) is 0 Å². The number of anilines is 1. The predicted molar refractivity (Wildman–Crippen MR) is 73.8 cm³/mol. The van der Waals surface area contributed by atoms with E-state index in [9.17, 15) is 18.0 Å². The van der Waals surface area contributed by atoms with Crippen LogP contribution in [-0.2, 0) is 6.18 Å². The summed E-state index contributed by atoms with van der Waals surface area (Å²) in [4.78, 5) is 15.2. The number of nitrogens with zero attached hydrogens (tertiary/aromatic N) is 1. The topological polar surface area (TPSA) is 67.2 Å². The Kier molecular flexibility index (Phi) is 4.92. The van der Waals surface area contributed by atoms with Gasteiger partial charge in [0.1, 0.15) is 5.82 Å². The molecule has 0 bridgehead atoms. The van der Waals surface area contributed by atoms with Crippen LogP contribution in [-0.4, -0.2) is 24.0 Å². The number of amides is 1. The Morgan fingerprint density at radius 2 is 2.00 bits per heavy atom. The van der Waals surface area contributed by atoms with E-state index in [1.54, 1.807) is 0 Å². The maximum absolute atomic E-state index is 12.4. The molecule has 2 aromatic heterocycles. The predicted octanol–water partition coefficient (Wildman–Crippen LogP) is 3.19. The first kappa shape index (κ1) is 16.2. The molecular formula is C13H11ClF3N3O2. The Balaban J connectivity index is 1.76. The van der Waals surface area contributed by atoms with Gasteiger partial charge in [0.25, 0.3) is 5.91 Å². The molecule has 0 aromatic carbocycles. The second-order valence-corrected chi connectivity index (χ2v) is 4.59. The fraction of sp³-hybridized carbons (Fsp3) is 0.231. The minimum atomic E-state index is -4.41. The minimum Gasteiger partial charge on any atom is -0.440 e. The number of aromatic nitrogens is 1. The van der Waals surface area contributed by atoms with E-state index in [0.717, 1.165) is 12.3 Å². The Bertz CT molecular complexity index is 641. The molecule has 0 aliphatic rings. The van der Waals surface area contributed by atoms with Crippen molar-refractivity contribution in [3.8, 4) is 0 Å². The molecule has 0 unspecified atom stereocenters. The number of alkyl halides is 3. The maximum atomic E-state index is 12.4. The number of nitrogens with one attached hydrogen (secondary N) is 2. The van der Waals surface area contributed by atoms with Crippen LogP contribution in [0.5, 0.6) is 0 Å². The number of pyridine rings is 1. The van der Waals surface area contributed by atoms with Gasteiger partial charge in [0.2, 0.25) is 0 Å². The summed E-state index contributed by atoms with van der Waals surface area (Å²) < 4.78 is 42.0. The number of furan rings is 1. The fourth-order valence-corrected chi connectivity index (χ4v) is 1.70. The molecule has 2 N–H and O–H groups in total. The molecule has 0 aliphatic heterocycles. The average Bonchev–Trinajstić information content (AvgIpc) is 2.89. The third kappa shape index (κ3) is 4.39. The molecular weight excluding hydrogens is 323 g/mol. The summed E-state index contributed by atoms with van der Waals surface area (Å²) in [6.45, 7) is 0.526. The molecule has 0 saturated heterocycles. The largest absolute Gasteiger partial charge is 0.440 e. The van der Waals surface area contributed by atoms with Crippen molar-refractivity contribution in [1.29, 1.82) is 0 Å². The molecule has 22 heavy (non-hydrogen) atoms. The van der Waals surface area contributed by atoms with E-state index in [2.05, 4.69) is 15.6 Å². The van der Waals surface area contributed by atoms with E-state index >= 15 is 0 Å². The standard InChI is InChI=1S/C13H11ClF3N3O2/c14-10-3-2-9(22-10)12(21)19-6-5-18-11-4-1-8(7-20-11)13(15,16)17/h1-4,7H,5-6H2,(H,18,20)(H,19,21). The zero-order chi connectivity index (χ0) is 16.2. The number of halogens is 4. The van der Waals surface area contributed by atoms with Crippen LogP contribution >= 0.6 is 11.6 Å². The maximum Gasteiger partial charge on any atom is 0.417 e. The monoisotopic (exact) mass is 333 g/mol. The summed E-state index contributed by atoms with van der Waals surface area (Å²) in [6, 6.07) is 5.03. The van der Waals surface area contributed by atoms with E-state index in [-0.39, 0.29) is 23.3 Å². The summed E-state index contributed by atoms with van der Waals surface area (Å²) in [5.41, 5.74) is -0.818. The smallest absolute Gasteiger partial charge is 0.417 e. The molecule has 0 spiro atoms. The summed E-state index contributed by atoms with van der Waals surface area (Å²) in [7, 11) is 0. The highest BCUT2D eigenvalue weighted by Gasteiger charge is 2.30. The molecule has 0 saturated carbocycles. The van der Waals surface area contributed by atoms with Crippen LogP contribution in [0.25, 0.3) is 0 Å². The Labute approximate surface area is 128 Å². The average molecular weight is 334 g/mol. The van der Waals surface area contributed by atoms with Gasteiger partial charge in [0, 0.05) is 19.3 Å². The second kappa shape index (κ2) is 6.69. The van der Waals surface area contributed by atoms with Crippen molar-refractivity contribution in [3.05, 3.63) is 47.0 Å². The molecule has 5 nitrogen and oxygen atoms in total. The quantitative estimate of drug-likeness (QED) is 0.825. The van der Waals surface area contributed by atoms with Crippen molar-refractivity contribution in [2.24, 2.45) is 0 Å². The first-order chi connectivity index (χ1) is 10.4. The van der Waals surface area contributed by atoms with Crippen molar-refractivity contribution in [1.82, 2.24) is 10.3 Å². The third-order valence-corrected chi connectivity index (χ3v) is 2.81. The van der Waals surface area contributed by atoms with Crippen molar-refractivity contribution < 1.29 is 22.4 Å². The van der Waals surface area contributed by atoms with Crippen LogP contribution in [0.4, 0.5) is 19.0 Å². The van der Waals surface area contributed by atoms with Gasteiger partial charge < -0.3 is 15.1 Å². The lowest BCUT2D eigenvalue weighted by atomic mass is 10.3. The molecule has 2 aromatic rings. The van der Waals surface area contributed by atoms with Gasteiger partial charge in [-0.15, -0.1) is 0 Å². The van der Waals surface area contributed by atoms with E-state index in [0.29, 0.717) is 6.54 Å². The molecule has 0 fully saturated rings. The fourth-order valence-electron chi connectivity index (χ4n) is 1.56. The van der Waals surface area contributed by atoms with Crippen molar-refractivity contribution >= 4 is 23.3 Å². The lowest BCUT2D eigenvalue weighted by Crippen LogP contribution is -2.28. The third-order valence-electron chi connectivity index (χ3n) is 2.60. The first-order valence-corrected chi connectivity index (χ1v) is 6.55. The van der Waals surface area contributed by atoms with Gasteiger partial charge >= 0.3 is 6.18 Å². The molecule has 0 aliphatic carbocycles. The summed E-state index contributed by atoms with van der Waals surface area (Å²) in [5.74, 6) is -0.0741. The summed E-state index contributed by atoms with van der Waals surface area (Å²) in [6.07, 6.45) is -3.67. The molecule has 2 heterocycles. The number of carbonyl (C=O) groups is 1.